The minimum atomic E-state index is -0.500. The average molecular weight is 246 g/mol. The summed E-state index contributed by atoms with van der Waals surface area (Å²) in [5, 5.41) is 9.97. The summed E-state index contributed by atoms with van der Waals surface area (Å²) in [5.41, 5.74) is 2.52. The molecule has 0 aliphatic heterocycles. The van der Waals surface area contributed by atoms with Crippen LogP contribution in [0.2, 0.25) is 0 Å². The van der Waals surface area contributed by atoms with Crippen molar-refractivity contribution in [1.29, 1.82) is 0 Å². The minimum Gasteiger partial charge on any atom is -0.463 e. The molecule has 0 amide bonds. The van der Waals surface area contributed by atoms with Crippen LogP contribution in [-0.2, 0) is 9.53 Å². The van der Waals surface area contributed by atoms with Gasteiger partial charge in [-0.3, -0.25) is 0 Å². The summed E-state index contributed by atoms with van der Waals surface area (Å²) in [6.45, 7) is 4.09. The Morgan fingerprint density at radius 1 is 1.39 bits per heavy atom. The quantitative estimate of drug-likeness (QED) is 0.833. The van der Waals surface area contributed by atoms with Crippen LogP contribution in [0.4, 0.5) is 0 Å². The Labute approximate surface area is 107 Å². The van der Waals surface area contributed by atoms with Crippen LogP contribution in [0.1, 0.15) is 25.8 Å². The molecule has 18 heavy (non-hydrogen) atoms. The van der Waals surface area contributed by atoms with Crippen LogP contribution in [0, 0.1) is 5.92 Å². The van der Waals surface area contributed by atoms with Crippen molar-refractivity contribution in [2.24, 2.45) is 5.92 Å². The molecule has 1 aromatic rings. The van der Waals surface area contributed by atoms with E-state index >= 15 is 0 Å². The van der Waals surface area contributed by atoms with Gasteiger partial charge in [-0.05, 0) is 18.1 Å². The van der Waals surface area contributed by atoms with E-state index in [-0.39, 0.29) is 11.9 Å². The molecule has 0 bridgehead atoms. The number of hydrogen-bond donors (Lipinski definition) is 1. The molecule has 0 spiro atoms. The van der Waals surface area contributed by atoms with Crippen LogP contribution < -0.4 is 0 Å². The van der Waals surface area contributed by atoms with Crippen LogP contribution in [-0.4, -0.2) is 23.8 Å². The number of carbonyl (C=O) groups is 1. The van der Waals surface area contributed by atoms with Crippen LogP contribution in [0.5, 0.6) is 0 Å². The van der Waals surface area contributed by atoms with E-state index in [2.05, 4.69) is 0 Å². The van der Waals surface area contributed by atoms with E-state index in [1.807, 2.05) is 37.3 Å². The van der Waals surface area contributed by atoms with Gasteiger partial charge < -0.3 is 9.84 Å². The zero-order chi connectivity index (χ0) is 13.1. The lowest BCUT2D eigenvalue weighted by molar-refractivity contribution is -0.138. The number of rotatable bonds is 3. The van der Waals surface area contributed by atoms with Crippen LogP contribution in [0.25, 0.3) is 5.57 Å². The summed E-state index contributed by atoms with van der Waals surface area (Å²) in [6, 6.07) is 9.72. The molecule has 0 unspecified atom stereocenters. The summed E-state index contributed by atoms with van der Waals surface area (Å²) in [7, 11) is 0. The van der Waals surface area contributed by atoms with Crippen molar-refractivity contribution in [2.45, 2.75) is 26.4 Å². The second-order valence-corrected chi connectivity index (χ2v) is 4.54. The van der Waals surface area contributed by atoms with E-state index in [0.29, 0.717) is 18.6 Å². The Bertz CT molecular complexity index is 462. The first-order chi connectivity index (χ1) is 8.65. The molecule has 1 N–H and O–H groups in total. The number of carbonyl (C=O) groups excluding carboxylic acids is 1. The highest BCUT2D eigenvalue weighted by atomic mass is 16.5. The van der Waals surface area contributed by atoms with Gasteiger partial charge in [0.2, 0.25) is 0 Å². The van der Waals surface area contributed by atoms with Gasteiger partial charge in [0.25, 0.3) is 0 Å². The van der Waals surface area contributed by atoms with Crippen molar-refractivity contribution in [2.75, 3.05) is 6.61 Å². The number of aliphatic hydroxyl groups is 1. The lowest BCUT2D eigenvalue weighted by Crippen LogP contribution is -2.12. The fourth-order valence-electron chi connectivity index (χ4n) is 2.43. The molecular formula is C15H18O3. The maximum Gasteiger partial charge on any atom is 0.334 e. The Kier molecular flexibility index (Phi) is 3.82. The fourth-order valence-corrected chi connectivity index (χ4v) is 2.43. The average Bonchev–Trinajstić information content (AvgIpc) is 2.67. The SMILES string of the molecule is CCOC(=O)C1=C(c2ccccc2)[C@H](C)[C@@H](O)C1. The normalized spacial score (nSPS) is 23.3. The summed E-state index contributed by atoms with van der Waals surface area (Å²) >= 11 is 0. The van der Waals surface area contributed by atoms with E-state index in [4.69, 9.17) is 4.74 Å². The van der Waals surface area contributed by atoms with Gasteiger partial charge in [-0.25, -0.2) is 4.79 Å². The first-order valence-corrected chi connectivity index (χ1v) is 6.28. The lowest BCUT2D eigenvalue weighted by Gasteiger charge is -2.13. The van der Waals surface area contributed by atoms with Gasteiger partial charge in [0.1, 0.15) is 0 Å². The molecule has 1 aliphatic carbocycles. The number of esters is 1. The highest BCUT2D eigenvalue weighted by molar-refractivity contribution is 5.99. The van der Waals surface area contributed by atoms with Crippen molar-refractivity contribution in [3.8, 4) is 0 Å². The summed E-state index contributed by atoms with van der Waals surface area (Å²) in [4.78, 5) is 11.9. The van der Waals surface area contributed by atoms with Crippen molar-refractivity contribution in [3.63, 3.8) is 0 Å². The maximum atomic E-state index is 11.9. The van der Waals surface area contributed by atoms with E-state index in [0.717, 1.165) is 11.1 Å². The number of aliphatic hydroxyl groups excluding tert-OH is 1. The first kappa shape index (κ1) is 12.8. The Morgan fingerprint density at radius 2 is 2.06 bits per heavy atom. The van der Waals surface area contributed by atoms with Gasteiger partial charge in [-0.15, -0.1) is 0 Å². The first-order valence-electron chi connectivity index (χ1n) is 6.28. The second-order valence-electron chi connectivity index (χ2n) is 4.54. The van der Waals surface area contributed by atoms with Gasteiger partial charge in [-0.2, -0.15) is 0 Å². The molecule has 3 heteroatoms. The smallest absolute Gasteiger partial charge is 0.334 e. The molecule has 0 saturated heterocycles. The number of benzene rings is 1. The van der Waals surface area contributed by atoms with E-state index in [1.165, 1.54) is 0 Å². The third-order valence-corrected chi connectivity index (χ3v) is 3.38. The highest BCUT2D eigenvalue weighted by Gasteiger charge is 2.34. The molecule has 0 fully saturated rings. The Morgan fingerprint density at radius 3 is 2.67 bits per heavy atom. The molecule has 3 nitrogen and oxygen atoms in total. The third kappa shape index (κ3) is 2.31. The van der Waals surface area contributed by atoms with Crippen molar-refractivity contribution in [1.82, 2.24) is 0 Å². The monoisotopic (exact) mass is 246 g/mol. The zero-order valence-electron chi connectivity index (χ0n) is 10.7. The predicted octanol–water partition coefficient (Wildman–Crippen LogP) is 2.40. The van der Waals surface area contributed by atoms with Crippen LogP contribution >= 0.6 is 0 Å². The molecule has 0 heterocycles. The van der Waals surface area contributed by atoms with Gasteiger partial charge in [0, 0.05) is 17.9 Å². The van der Waals surface area contributed by atoms with Gasteiger partial charge >= 0.3 is 5.97 Å². The van der Waals surface area contributed by atoms with E-state index in [9.17, 15) is 9.90 Å². The lowest BCUT2D eigenvalue weighted by atomic mass is 9.94. The standard InChI is InChI=1S/C15H18O3/c1-3-18-15(17)12-9-13(16)10(2)14(12)11-7-5-4-6-8-11/h4-8,10,13,16H,3,9H2,1-2H3/t10-,13+/m1/s1. The summed E-state index contributed by atoms with van der Waals surface area (Å²) in [6.07, 6.45) is -0.121. The largest absolute Gasteiger partial charge is 0.463 e. The molecule has 0 radical (unpaired) electrons. The Hall–Kier alpha value is -1.61. The van der Waals surface area contributed by atoms with Crippen LogP contribution in [0.15, 0.2) is 35.9 Å². The molecule has 96 valence electrons. The minimum absolute atomic E-state index is 0.0354. The summed E-state index contributed by atoms with van der Waals surface area (Å²) < 4.78 is 5.07. The molecule has 0 saturated carbocycles. The van der Waals surface area contributed by atoms with E-state index in [1.54, 1.807) is 6.92 Å². The van der Waals surface area contributed by atoms with Gasteiger partial charge in [-0.1, -0.05) is 37.3 Å². The molecule has 1 aromatic carbocycles. The molecule has 2 rings (SSSR count). The topological polar surface area (TPSA) is 46.5 Å². The van der Waals surface area contributed by atoms with Crippen molar-refractivity contribution in [3.05, 3.63) is 41.5 Å². The highest BCUT2D eigenvalue weighted by Crippen LogP contribution is 2.39. The Balaban J connectivity index is 2.42. The zero-order valence-corrected chi connectivity index (χ0v) is 10.7. The predicted molar refractivity (Wildman–Crippen MR) is 69.8 cm³/mol. The van der Waals surface area contributed by atoms with Crippen LogP contribution in [0.3, 0.4) is 0 Å². The second kappa shape index (κ2) is 5.36. The number of hydrogen-bond acceptors (Lipinski definition) is 3. The third-order valence-electron chi connectivity index (χ3n) is 3.38. The molecular weight excluding hydrogens is 228 g/mol. The molecule has 2 atom stereocenters. The fraction of sp³-hybridized carbons (Fsp3) is 0.400. The maximum absolute atomic E-state index is 11.9. The van der Waals surface area contributed by atoms with E-state index < -0.39 is 6.10 Å². The van der Waals surface area contributed by atoms with Gasteiger partial charge in [0.05, 0.1) is 12.7 Å². The summed E-state index contributed by atoms with van der Waals surface area (Å²) in [5.74, 6) is -0.341. The van der Waals surface area contributed by atoms with Crippen molar-refractivity contribution < 1.29 is 14.6 Å². The van der Waals surface area contributed by atoms with Gasteiger partial charge in [0.15, 0.2) is 0 Å². The molecule has 1 aliphatic rings. The number of ether oxygens (including phenoxy) is 1. The van der Waals surface area contributed by atoms with Crippen molar-refractivity contribution >= 4 is 11.5 Å². The molecule has 0 aromatic heterocycles.